The van der Waals surface area contributed by atoms with Gasteiger partial charge in [-0.25, -0.2) is 4.79 Å². The van der Waals surface area contributed by atoms with Crippen LogP contribution in [0.4, 0.5) is 0 Å². The monoisotopic (exact) mass is 280 g/mol. The van der Waals surface area contributed by atoms with Gasteiger partial charge in [0.15, 0.2) is 0 Å². The molecule has 0 spiro atoms. The van der Waals surface area contributed by atoms with Crippen molar-refractivity contribution in [1.29, 1.82) is 0 Å². The van der Waals surface area contributed by atoms with Crippen LogP contribution in [-0.4, -0.2) is 52.3 Å². The van der Waals surface area contributed by atoms with Crippen molar-refractivity contribution in [3.05, 3.63) is 23.2 Å². The maximum absolute atomic E-state index is 11.9. The number of piperazine rings is 1. The summed E-state index contributed by atoms with van der Waals surface area (Å²) in [6, 6.07) is 1.39. The highest BCUT2D eigenvalue weighted by molar-refractivity contribution is 5.92. The number of hydrogen-bond donors (Lipinski definition) is 1. The molecule has 1 aliphatic rings. The topological polar surface area (TPSA) is 91.1 Å². The third-order valence-corrected chi connectivity index (χ3v) is 3.29. The van der Waals surface area contributed by atoms with Gasteiger partial charge in [-0.05, 0) is 19.9 Å². The second-order valence-corrected chi connectivity index (χ2v) is 4.65. The minimum Gasteiger partial charge on any atom is -0.478 e. The van der Waals surface area contributed by atoms with Crippen molar-refractivity contribution >= 4 is 17.8 Å². The number of aryl methyl sites for hydroxylation is 1. The van der Waals surface area contributed by atoms with E-state index in [1.807, 2.05) is 6.92 Å². The second kappa shape index (κ2) is 5.36. The van der Waals surface area contributed by atoms with Gasteiger partial charge in [0.2, 0.25) is 11.8 Å². The van der Waals surface area contributed by atoms with E-state index in [9.17, 15) is 14.4 Å². The van der Waals surface area contributed by atoms with E-state index in [2.05, 4.69) is 0 Å². The van der Waals surface area contributed by atoms with E-state index in [0.717, 1.165) is 0 Å². The van der Waals surface area contributed by atoms with E-state index >= 15 is 0 Å². The van der Waals surface area contributed by atoms with E-state index in [4.69, 9.17) is 9.52 Å². The Labute approximate surface area is 115 Å². The van der Waals surface area contributed by atoms with E-state index < -0.39 is 5.97 Å². The van der Waals surface area contributed by atoms with E-state index in [1.165, 1.54) is 15.9 Å². The van der Waals surface area contributed by atoms with Gasteiger partial charge in [0.05, 0.1) is 13.1 Å². The third kappa shape index (κ3) is 2.66. The van der Waals surface area contributed by atoms with Gasteiger partial charge in [-0.1, -0.05) is 0 Å². The molecular formula is C13H16N2O5. The van der Waals surface area contributed by atoms with Crippen molar-refractivity contribution in [3.63, 3.8) is 0 Å². The smallest absolute Gasteiger partial charge is 0.339 e. The number of rotatable bonds is 4. The molecule has 1 aromatic heterocycles. The zero-order chi connectivity index (χ0) is 14.9. The summed E-state index contributed by atoms with van der Waals surface area (Å²) in [5.41, 5.74) is 0.0750. The Kier molecular flexibility index (Phi) is 3.78. The minimum atomic E-state index is -1.07. The van der Waals surface area contributed by atoms with E-state index in [1.54, 1.807) is 6.92 Å². The maximum atomic E-state index is 11.9. The number of furan rings is 1. The van der Waals surface area contributed by atoms with E-state index in [0.29, 0.717) is 18.1 Å². The standard InChI is InChI=1S/C13H16N2O5/c1-3-14-6-12(17)15(7-11(14)16)5-9-4-10(13(18)19)8(2)20-9/h4H,3,5-7H2,1-2H3,(H,18,19). The fraction of sp³-hybridized carbons (Fsp3) is 0.462. The average molecular weight is 280 g/mol. The van der Waals surface area contributed by atoms with Gasteiger partial charge in [-0.2, -0.15) is 0 Å². The molecule has 7 heteroatoms. The Morgan fingerprint density at radius 3 is 2.45 bits per heavy atom. The van der Waals surface area contributed by atoms with Crippen LogP contribution in [-0.2, 0) is 16.1 Å². The number of amides is 2. The number of likely N-dealkylation sites (N-methyl/N-ethyl adjacent to an activating group) is 1. The van der Waals surface area contributed by atoms with Crippen LogP contribution in [0.1, 0.15) is 28.8 Å². The lowest BCUT2D eigenvalue weighted by atomic mass is 10.2. The van der Waals surface area contributed by atoms with Crippen molar-refractivity contribution in [2.45, 2.75) is 20.4 Å². The van der Waals surface area contributed by atoms with Crippen molar-refractivity contribution in [1.82, 2.24) is 9.80 Å². The summed E-state index contributed by atoms with van der Waals surface area (Å²) in [5.74, 6) is -0.702. The summed E-state index contributed by atoms with van der Waals surface area (Å²) in [4.78, 5) is 37.5. The summed E-state index contributed by atoms with van der Waals surface area (Å²) >= 11 is 0. The van der Waals surface area contributed by atoms with Gasteiger partial charge in [0, 0.05) is 6.54 Å². The normalized spacial score (nSPS) is 15.9. The molecule has 108 valence electrons. The molecule has 0 atom stereocenters. The van der Waals surface area contributed by atoms with Crippen molar-refractivity contribution in [2.75, 3.05) is 19.6 Å². The van der Waals surface area contributed by atoms with Crippen LogP contribution < -0.4 is 0 Å². The fourth-order valence-corrected chi connectivity index (χ4v) is 2.16. The van der Waals surface area contributed by atoms with Crippen LogP contribution in [0.2, 0.25) is 0 Å². The molecule has 0 aromatic carbocycles. The number of hydrogen-bond acceptors (Lipinski definition) is 4. The highest BCUT2D eigenvalue weighted by atomic mass is 16.4. The second-order valence-electron chi connectivity index (χ2n) is 4.65. The van der Waals surface area contributed by atoms with Crippen LogP contribution in [0.15, 0.2) is 10.5 Å². The first-order valence-electron chi connectivity index (χ1n) is 6.30. The molecule has 1 aliphatic heterocycles. The first kappa shape index (κ1) is 14.1. The highest BCUT2D eigenvalue weighted by Gasteiger charge is 2.29. The predicted octanol–water partition coefficient (Wildman–Crippen LogP) is 0.477. The van der Waals surface area contributed by atoms with Crippen LogP contribution in [0.3, 0.4) is 0 Å². The van der Waals surface area contributed by atoms with Gasteiger partial charge in [-0.15, -0.1) is 0 Å². The van der Waals surface area contributed by atoms with Crippen molar-refractivity contribution in [3.8, 4) is 0 Å². The minimum absolute atomic E-state index is 0.00513. The Bertz CT molecular complexity index is 563. The number of aromatic carboxylic acids is 1. The molecule has 1 aromatic rings. The Balaban J connectivity index is 2.10. The fourth-order valence-electron chi connectivity index (χ4n) is 2.16. The maximum Gasteiger partial charge on any atom is 0.339 e. The molecule has 2 rings (SSSR count). The number of carboxylic acids is 1. The molecule has 0 aliphatic carbocycles. The molecular weight excluding hydrogens is 264 g/mol. The molecule has 0 unspecified atom stereocenters. The lowest BCUT2D eigenvalue weighted by Gasteiger charge is -2.32. The highest BCUT2D eigenvalue weighted by Crippen LogP contribution is 2.17. The molecule has 0 bridgehead atoms. The zero-order valence-corrected chi connectivity index (χ0v) is 11.4. The Hall–Kier alpha value is -2.31. The SMILES string of the molecule is CCN1CC(=O)N(Cc2cc(C(=O)O)c(C)o2)CC1=O. The van der Waals surface area contributed by atoms with Crippen molar-refractivity contribution < 1.29 is 23.9 Å². The number of nitrogens with zero attached hydrogens (tertiary/aromatic N) is 2. The summed E-state index contributed by atoms with van der Waals surface area (Å²) in [6.45, 7) is 4.03. The lowest BCUT2D eigenvalue weighted by molar-refractivity contribution is -0.150. The summed E-state index contributed by atoms with van der Waals surface area (Å²) in [5, 5.41) is 8.94. The molecule has 1 N–H and O–H groups in total. The molecule has 1 saturated heterocycles. The van der Waals surface area contributed by atoms with Gasteiger partial charge in [-0.3, -0.25) is 9.59 Å². The van der Waals surface area contributed by atoms with Crippen molar-refractivity contribution in [2.24, 2.45) is 0 Å². The van der Waals surface area contributed by atoms with Crippen LogP contribution in [0.25, 0.3) is 0 Å². The first-order valence-corrected chi connectivity index (χ1v) is 6.30. The summed E-state index contributed by atoms with van der Waals surface area (Å²) in [6.07, 6.45) is 0. The molecule has 0 saturated carbocycles. The molecule has 2 amide bonds. The number of carboxylic acid groups (broad SMARTS) is 1. The third-order valence-electron chi connectivity index (χ3n) is 3.29. The van der Waals surface area contributed by atoms with Crippen LogP contribution >= 0.6 is 0 Å². The molecule has 2 heterocycles. The Morgan fingerprint density at radius 1 is 1.30 bits per heavy atom. The predicted molar refractivity (Wildman–Crippen MR) is 68.1 cm³/mol. The van der Waals surface area contributed by atoms with Crippen LogP contribution in [0.5, 0.6) is 0 Å². The summed E-state index contributed by atoms with van der Waals surface area (Å²) < 4.78 is 5.32. The van der Waals surface area contributed by atoms with Gasteiger partial charge in [0.25, 0.3) is 0 Å². The van der Waals surface area contributed by atoms with Crippen LogP contribution in [0, 0.1) is 6.92 Å². The van der Waals surface area contributed by atoms with E-state index in [-0.39, 0.29) is 37.0 Å². The lowest BCUT2D eigenvalue weighted by Crippen LogP contribution is -2.53. The average Bonchev–Trinajstić information content (AvgIpc) is 2.74. The molecule has 0 radical (unpaired) electrons. The van der Waals surface area contributed by atoms with Gasteiger partial charge < -0.3 is 19.3 Å². The van der Waals surface area contributed by atoms with Gasteiger partial charge in [0.1, 0.15) is 23.6 Å². The number of carbonyl (C=O) groups excluding carboxylic acids is 2. The largest absolute Gasteiger partial charge is 0.478 e. The Morgan fingerprint density at radius 2 is 1.90 bits per heavy atom. The molecule has 7 nitrogen and oxygen atoms in total. The summed E-state index contributed by atoms with van der Waals surface area (Å²) in [7, 11) is 0. The number of carbonyl (C=O) groups is 3. The zero-order valence-electron chi connectivity index (χ0n) is 11.4. The first-order chi connectivity index (χ1) is 9.42. The quantitative estimate of drug-likeness (QED) is 0.866. The molecule has 1 fully saturated rings. The molecule has 20 heavy (non-hydrogen) atoms. The van der Waals surface area contributed by atoms with Gasteiger partial charge >= 0.3 is 5.97 Å².